The van der Waals surface area contributed by atoms with Crippen molar-refractivity contribution in [2.24, 2.45) is 0 Å². The molecule has 0 aliphatic rings. The summed E-state index contributed by atoms with van der Waals surface area (Å²) in [4.78, 5) is 3.90. The third-order valence-electron chi connectivity index (χ3n) is 1.43. The zero-order chi connectivity index (χ0) is 8.65. The van der Waals surface area contributed by atoms with Gasteiger partial charge >= 0.3 is 0 Å². The van der Waals surface area contributed by atoms with Crippen LogP contribution < -0.4 is 0 Å². The fourth-order valence-electron chi connectivity index (χ4n) is 0.878. The van der Waals surface area contributed by atoms with E-state index < -0.39 is 0 Å². The van der Waals surface area contributed by atoms with Crippen molar-refractivity contribution >= 4 is 0 Å². The largest absolute Gasteiger partial charge is 0.381 e. The molecule has 0 unspecified atom stereocenters. The van der Waals surface area contributed by atoms with Gasteiger partial charge in [-0.15, -0.1) is 0 Å². The van der Waals surface area contributed by atoms with E-state index in [2.05, 4.69) is 17.1 Å². The van der Waals surface area contributed by atoms with Gasteiger partial charge in [0, 0.05) is 19.6 Å². The summed E-state index contributed by atoms with van der Waals surface area (Å²) in [7, 11) is 0. The minimum absolute atomic E-state index is 0.690. The highest BCUT2D eigenvalue weighted by Crippen LogP contribution is 1.96. The maximum atomic E-state index is 5.29. The van der Waals surface area contributed by atoms with Crippen molar-refractivity contribution < 1.29 is 9.26 Å². The Balaban J connectivity index is 1.96. The van der Waals surface area contributed by atoms with Gasteiger partial charge in [0.2, 0.25) is 5.89 Å². The van der Waals surface area contributed by atoms with E-state index in [0.717, 1.165) is 32.5 Å². The van der Waals surface area contributed by atoms with E-state index in [1.54, 1.807) is 0 Å². The summed E-state index contributed by atoms with van der Waals surface area (Å²) in [6.07, 6.45) is 4.24. The molecule has 0 saturated carbocycles. The minimum Gasteiger partial charge on any atom is -0.381 e. The Hall–Kier alpha value is -0.900. The van der Waals surface area contributed by atoms with E-state index in [0.29, 0.717) is 5.89 Å². The molecule has 0 bridgehead atoms. The van der Waals surface area contributed by atoms with Crippen molar-refractivity contribution in [1.29, 1.82) is 0 Å². The molecular formula is C8H14N2O2. The number of hydrogen-bond acceptors (Lipinski definition) is 4. The molecule has 68 valence electrons. The lowest BCUT2D eigenvalue weighted by Gasteiger charge is -1.98. The Morgan fingerprint density at radius 3 is 3.08 bits per heavy atom. The highest BCUT2D eigenvalue weighted by Gasteiger charge is 1.97. The molecule has 0 aromatic carbocycles. The Bertz CT molecular complexity index is 187. The van der Waals surface area contributed by atoms with Crippen LogP contribution in [-0.2, 0) is 11.2 Å². The third-order valence-corrected chi connectivity index (χ3v) is 1.43. The monoisotopic (exact) mass is 170 g/mol. The van der Waals surface area contributed by atoms with Gasteiger partial charge in [0.05, 0.1) is 0 Å². The fraction of sp³-hybridized carbons (Fsp3) is 0.750. The van der Waals surface area contributed by atoms with Crippen LogP contribution in [-0.4, -0.2) is 23.4 Å². The average molecular weight is 170 g/mol. The van der Waals surface area contributed by atoms with Crippen LogP contribution in [0.2, 0.25) is 0 Å². The van der Waals surface area contributed by atoms with E-state index >= 15 is 0 Å². The van der Waals surface area contributed by atoms with Crippen LogP contribution in [0.5, 0.6) is 0 Å². The Morgan fingerprint density at radius 2 is 2.42 bits per heavy atom. The first-order chi connectivity index (χ1) is 5.93. The van der Waals surface area contributed by atoms with Crippen LogP contribution in [0.3, 0.4) is 0 Å². The molecule has 0 fully saturated rings. The highest BCUT2D eigenvalue weighted by atomic mass is 16.5. The zero-order valence-corrected chi connectivity index (χ0v) is 7.32. The fourth-order valence-corrected chi connectivity index (χ4v) is 0.878. The Labute approximate surface area is 71.9 Å². The smallest absolute Gasteiger partial charge is 0.226 e. The molecule has 1 aromatic heterocycles. The van der Waals surface area contributed by atoms with Gasteiger partial charge in [-0.05, 0) is 12.8 Å². The molecule has 0 spiro atoms. The lowest BCUT2D eigenvalue weighted by molar-refractivity contribution is 0.131. The molecular weight excluding hydrogens is 156 g/mol. The van der Waals surface area contributed by atoms with Gasteiger partial charge in [0.25, 0.3) is 0 Å². The van der Waals surface area contributed by atoms with Crippen molar-refractivity contribution in [3.05, 3.63) is 12.2 Å². The summed E-state index contributed by atoms with van der Waals surface area (Å²) in [6.45, 7) is 3.71. The molecule has 0 saturated heterocycles. The predicted octanol–water partition coefficient (Wildman–Crippen LogP) is 1.43. The summed E-state index contributed by atoms with van der Waals surface area (Å²) in [5, 5.41) is 3.51. The van der Waals surface area contributed by atoms with E-state index in [4.69, 9.17) is 9.26 Å². The Kier molecular flexibility index (Phi) is 4.37. The maximum absolute atomic E-state index is 5.29. The van der Waals surface area contributed by atoms with Gasteiger partial charge in [0.15, 0.2) is 6.33 Å². The standard InChI is InChI=1S/C8H14N2O2/c1-2-5-11-6-3-4-8-9-7-10-12-8/h7H,2-6H2,1H3. The van der Waals surface area contributed by atoms with Crippen molar-refractivity contribution in [2.75, 3.05) is 13.2 Å². The normalized spacial score (nSPS) is 10.4. The second-order valence-corrected chi connectivity index (χ2v) is 2.55. The molecule has 0 radical (unpaired) electrons. The molecule has 0 amide bonds. The molecule has 0 N–H and O–H groups in total. The molecule has 0 aliphatic heterocycles. The SMILES string of the molecule is CCCOCCCc1ncno1. The molecule has 4 nitrogen and oxygen atoms in total. The van der Waals surface area contributed by atoms with Crippen LogP contribution >= 0.6 is 0 Å². The van der Waals surface area contributed by atoms with Crippen LogP contribution in [0.4, 0.5) is 0 Å². The third kappa shape index (κ3) is 3.48. The topological polar surface area (TPSA) is 48.2 Å². The van der Waals surface area contributed by atoms with Gasteiger partial charge < -0.3 is 9.26 Å². The second kappa shape index (κ2) is 5.71. The lowest BCUT2D eigenvalue weighted by Crippen LogP contribution is -1.97. The van der Waals surface area contributed by atoms with Gasteiger partial charge in [-0.1, -0.05) is 12.1 Å². The number of aromatic nitrogens is 2. The quantitative estimate of drug-likeness (QED) is 0.606. The average Bonchev–Trinajstić information content (AvgIpc) is 2.57. The summed E-state index contributed by atoms with van der Waals surface area (Å²) in [5.41, 5.74) is 0. The van der Waals surface area contributed by atoms with Crippen molar-refractivity contribution in [3.63, 3.8) is 0 Å². The summed E-state index contributed by atoms with van der Waals surface area (Å²) < 4.78 is 10.1. The first-order valence-corrected chi connectivity index (χ1v) is 4.26. The first-order valence-electron chi connectivity index (χ1n) is 4.26. The van der Waals surface area contributed by atoms with Gasteiger partial charge in [0.1, 0.15) is 0 Å². The molecule has 1 rings (SSSR count). The van der Waals surface area contributed by atoms with Crippen molar-refractivity contribution in [2.45, 2.75) is 26.2 Å². The summed E-state index contributed by atoms with van der Waals surface area (Å²) in [6, 6.07) is 0. The van der Waals surface area contributed by atoms with Crippen LogP contribution in [0.1, 0.15) is 25.7 Å². The molecule has 0 aliphatic carbocycles. The number of nitrogens with zero attached hydrogens (tertiary/aromatic N) is 2. The molecule has 1 aromatic rings. The zero-order valence-electron chi connectivity index (χ0n) is 7.32. The first kappa shape index (κ1) is 9.19. The van der Waals surface area contributed by atoms with Gasteiger partial charge in [-0.2, -0.15) is 4.98 Å². The summed E-state index contributed by atoms with van der Waals surface area (Å²) >= 11 is 0. The number of ether oxygens (including phenoxy) is 1. The molecule has 4 heteroatoms. The van der Waals surface area contributed by atoms with Crippen molar-refractivity contribution in [1.82, 2.24) is 10.1 Å². The number of hydrogen-bond donors (Lipinski definition) is 0. The molecule has 0 atom stereocenters. The number of rotatable bonds is 6. The highest BCUT2D eigenvalue weighted by molar-refractivity contribution is 4.73. The molecule has 12 heavy (non-hydrogen) atoms. The van der Waals surface area contributed by atoms with E-state index in [1.165, 1.54) is 6.33 Å². The van der Waals surface area contributed by atoms with Crippen LogP contribution in [0.15, 0.2) is 10.9 Å². The van der Waals surface area contributed by atoms with Gasteiger partial charge in [-0.25, -0.2) is 0 Å². The Morgan fingerprint density at radius 1 is 1.50 bits per heavy atom. The predicted molar refractivity (Wildman–Crippen MR) is 43.7 cm³/mol. The minimum atomic E-state index is 0.690. The van der Waals surface area contributed by atoms with Gasteiger partial charge in [-0.3, -0.25) is 0 Å². The maximum Gasteiger partial charge on any atom is 0.226 e. The lowest BCUT2D eigenvalue weighted by atomic mass is 10.3. The van der Waals surface area contributed by atoms with Crippen LogP contribution in [0.25, 0.3) is 0 Å². The van der Waals surface area contributed by atoms with Crippen molar-refractivity contribution in [3.8, 4) is 0 Å². The second-order valence-electron chi connectivity index (χ2n) is 2.55. The van der Waals surface area contributed by atoms with E-state index in [1.807, 2.05) is 0 Å². The summed E-state index contributed by atoms with van der Waals surface area (Å²) in [5.74, 6) is 0.690. The van der Waals surface area contributed by atoms with E-state index in [-0.39, 0.29) is 0 Å². The molecule has 1 heterocycles. The number of aryl methyl sites for hydroxylation is 1. The van der Waals surface area contributed by atoms with E-state index in [9.17, 15) is 0 Å². The van der Waals surface area contributed by atoms with Crippen LogP contribution in [0, 0.1) is 0 Å².